The Morgan fingerprint density at radius 1 is 0.968 bits per heavy atom. The Kier molecular flexibility index (Phi) is 11.0. The van der Waals surface area contributed by atoms with E-state index in [0.717, 1.165) is 0 Å². The number of aliphatic hydroxyl groups excluding tert-OH is 3. The van der Waals surface area contributed by atoms with Crippen LogP contribution in [0.5, 0.6) is 0 Å². The van der Waals surface area contributed by atoms with Crippen molar-refractivity contribution in [2.45, 2.75) is 108 Å². The zero-order valence-corrected chi connectivity index (χ0v) is 19.4. The number of aliphatic hydroxyl groups is 3. The summed E-state index contributed by atoms with van der Waals surface area (Å²) >= 11 is 0. The summed E-state index contributed by atoms with van der Waals surface area (Å²) in [5.41, 5.74) is 0. The summed E-state index contributed by atoms with van der Waals surface area (Å²) in [6.45, 7) is 5.17. The van der Waals surface area contributed by atoms with Crippen molar-refractivity contribution in [3.63, 3.8) is 0 Å². The predicted octanol–water partition coefficient (Wildman–Crippen LogP) is 0.196. The van der Waals surface area contributed by atoms with Gasteiger partial charge in [0.2, 0.25) is 0 Å². The van der Waals surface area contributed by atoms with Gasteiger partial charge in [0.1, 0.15) is 18.3 Å². The molecule has 10 heteroatoms. The molecule has 0 spiro atoms. The molecule has 0 aromatic rings. The number of ether oxygens (including phenoxy) is 7. The number of rotatable bonds is 11. The second-order valence-electron chi connectivity index (χ2n) is 8.28. The van der Waals surface area contributed by atoms with Crippen LogP contribution in [-0.4, -0.2) is 111 Å². The molecule has 184 valence electrons. The van der Waals surface area contributed by atoms with E-state index in [-0.39, 0.29) is 24.9 Å². The van der Waals surface area contributed by atoms with Crippen LogP contribution in [0.25, 0.3) is 0 Å². The lowest BCUT2D eigenvalue weighted by Crippen LogP contribution is -2.55. The van der Waals surface area contributed by atoms with E-state index in [1.165, 1.54) is 7.11 Å². The van der Waals surface area contributed by atoms with Crippen LogP contribution < -0.4 is 0 Å². The Morgan fingerprint density at radius 3 is 2.13 bits per heavy atom. The molecule has 2 rings (SSSR count). The first-order valence-corrected chi connectivity index (χ1v) is 10.9. The quantitative estimate of drug-likeness (QED) is 0.400. The maximum Gasteiger partial charge on any atom is 0.161 e. The van der Waals surface area contributed by atoms with Crippen molar-refractivity contribution < 1.29 is 48.5 Å². The Balaban J connectivity index is 2.02. The van der Waals surface area contributed by atoms with Crippen LogP contribution in [0.2, 0.25) is 0 Å². The lowest BCUT2D eigenvalue weighted by molar-refractivity contribution is -0.324. The van der Waals surface area contributed by atoms with Crippen molar-refractivity contribution in [2.24, 2.45) is 0 Å². The zero-order chi connectivity index (χ0) is 23.1. The summed E-state index contributed by atoms with van der Waals surface area (Å²) in [7, 11) is 4.66. The van der Waals surface area contributed by atoms with Gasteiger partial charge in [-0.1, -0.05) is 0 Å². The van der Waals surface area contributed by atoms with Gasteiger partial charge in [0.25, 0.3) is 0 Å². The maximum atomic E-state index is 10.2. The van der Waals surface area contributed by atoms with E-state index in [2.05, 4.69) is 0 Å². The monoisotopic (exact) mass is 452 g/mol. The van der Waals surface area contributed by atoms with Gasteiger partial charge in [-0.15, -0.1) is 0 Å². The molecule has 0 aromatic heterocycles. The fraction of sp³-hybridized carbons (Fsp3) is 1.00. The first-order valence-electron chi connectivity index (χ1n) is 10.9. The molecule has 0 amide bonds. The van der Waals surface area contributed by atoms with Gasteiger partial charge in [-0.2, -0.15) is 0 Å². The number of methoxy groups -OCH3 is 3. The second-order valence-corrected chi connectivity index (χ2v) is 8.28. The first-order chi connectivity index (χ1) is 14.7. The van der Waals surface area contributed by atoms with Gasteiger partial charge in [0, 0.05) is 40.8 Å². The summed E-state index contributed by atoms with van der Waals surface area (Å²) in [6.07, 6.45) is -4.75. The van der Waals surface area contributed by atoms with E-state index >= 15 is 0 Å². The Hall–Kier alpha value is -0.400. The SMILES string of the molecule is CO[C@H]1C[C@H](O[C@H]2[C@H](C)O[C@H](O[C@H]([C@H](C)O)[C@H](CCO)OC)C[C@H]2OC)O[C@@H](C)[C@H]1O. The predicted molar refractivity (Wildman–Crippen MR) is 109 cm³/mol. The molecule has 0 aromatic carbocycles. The highest BCUT2D eigenvalue weighted by Gasteiger charge is 2.44. The van der Waals surface area contributed by atoms with Gasteiger partial charge >= 0.3 is 0 Å². The third-order valence-corrected chi connectivity index (χ3v) is 6.05. The minimum absolute atomic E-state index is 0.0827. The maximum absolute atomic E-state index is 10.2. The lowest BCUT2D eigenvalue weighted by Gasteiger charge is -2.44. The van der Waals surface area contributed by atoms with Crippen molar-refractivity contribution in [2.75, 3.05) is 27.9 Å². The van der Waals surface area contributed by atoms with E-state index in [4.69, 9.17) is 33.2 Å². The minimum atomic E-state index is -0.820. The smallest absolute Gasteiger partial charge is 0.161 e. The van der Waals surface area contributed by atoms with Crippen molar-refractivity contribution in [1.29, 1.82) is 0 Å². The van der Waals surface area contributed by atoms with Crippen LogP contribution in [0.4, 0.5) is 0 Å². The van der Waals surface area contributed by atoms with Crippen molar-refractivity contribution in [1.82, 2.24) is 0 Å². The molecule has 2 aliphatic rings. The molecule has 2 saturated heterocycles. The fourth-order valence-corrected chi connectivity index (χ4v) is 4.25. The van der Waals surface area contributed by atoms with Gasteiger partial charge in [-0.3, -0.25) is 0 Å². The van der Waals surface area contributed by atoms with Crippen LogP contribution in [-0.2, 0) is 33.2 Å². The number of hydrogen-bond donors (Lipinski definition) is 3. The molecule has 2 aliphatic heterocycles. The largest absolute Gasteiger partial charge is 0.396 e. The molecule has 0 bridgehead atoms. The molecule has 0 unspecified atom stereocenters. The molecular formula is C21H40O10. The fourth-order valence-electron chi connectivity index (χ4n) is 4.25. The minimum Gasteiger partial charge on any atom is -0.396 e. The molecule has 0 aliphatic carbocycles. The van der Waals surface area contributed by atoms with E-state index in [0.29, 0.717) is 19.3 Å². The average molecular weight is 453 g/mol. The number of hydrogen-bond acceptors (Lipinski definition) is 10. The third-order valence-electron chi connectivity index (χ3n) is 6.05. The zero-order valence-electron chi connectivity index (χ0n) is 19.4. The summed E-state index contributed by atoms with van der Waals surface area (Å²) in [6, 6.07) is 0. The van der Waals surface area contributed by atoms with Crippen LogP contribution in [0.15, 0.2) is 0 Å². The average Bonchev–Trinajstić information content (AvgIpc) is 2.74. The lowest BCUT2D eigenvalue weighted by atomic mass is 10.00. The van der Waals surface area contributed by atoms with Crippen molar-refractivity contribution in [3.05, 3.63) is 0 Å². The van der Waals surface area contributed by atoms with Crippen LogP contribution in [0, 0.1) is 0 Å². The Labute approximate surface area is 184 Å². The van der Waals surface area contributed by atoms with Gasteiger partial charge in [-0.25, -0.2) is 0 Å². The molecule has 3 N–H and O–H groups in total. The van der Waals surface area contributed by atoms with Gasteiger partial charge < -0.3 is 48.5 Å². The third kappa shape index (κ3) is 7.04. The van der Waals surface area contributed by atoms with Crippen molar-refractivity contribution >= 4 is 0 Å². The highest BCUT2D eigenvalue weighted by molar-refractivity contribution is 4.87. The summed E-state index contributed by atoms with van der Waals surface area (Å²) in [4.78, 5) is 0. The summed E-state index contributed by atoms with van der Waals surface area (Å²) in [5, 5.41) is 29.6. The van der Waals surface area contributed by atoms with E-state index in [1.54, 1.807) is 28.1 Å². The summed E-state index contributed by atoms with van der Waals surface area (Å²) < 4.78 is 40.5. The molecule has 0 saturated carbocycles. The highest BCUT2D eigenvalue weighted by atomic mass is 16.7. The van der Waals surface area contributed by atoms with Crippen molar-refractivity contribution in [3.8, 4) is 0 Å². The van der Waals surface area contributed by atoms with Crippen LogP contribution >= 0.6 is 0 Å². The second kappa shape index (κ2) is 12.7. The van der Waals surface area contributed by atoms with E-state index in [9.17, 15) is 15.3 Å². The molecule has 2 fully saturated rings. The molecule has 11 atom stereocenters. The Bertz CT molecular complexity index is 507. The molecular weight excluding hydrogens is 412 g/mol. The summed E-state index contributed by atoms with van der Waals surface area (Å²) in [5.74, 6) is 0. The standard InChI is InChI=1S/C21H40O10/c1-11(23)20(14(25-4)7-8-22)30-18-10-16(27-6)21(13(3)29-18)31-17-9-15(26-5)19(24)12(2)28-17/h11-24H,7-10H2,1-6H3/t11-,12-,13-,14-,15-,16+,17-,18+,19+,20+,21-/m0/s1. The molecule has 2 heterocycles. The molecule has 10 nitrogen and oxygen atoms in total. The van der Waals surface area contributed by atoms with E-state index < -0.39 is 49.2 Å². The van der Waals surface area contributed by atoms with Gasteiger partial charge in [0.15, 0.2) is 12.6 Å². The van der Waals surface area contributed by atoms with E-state index in [1.807, 2.05) is 6.92 Å². The first kappa shape index (κ1) is 26.8. The Morgan fingerprint density at radius 2 is 1.58 bits per heavy atom. The van der Waals surface area contributed by atoms with Crippen LogP contribution in [0.1, 0.15) is 40.0 Å². The highest BCUT2D eigenvalue weighted by Crippen LogP contribution is 2.31. The molecule has 31 heavy (non-hydrogen) atoms. The topological polar surface area (TPSA) is 125 Å². The van der Waals surface area contributed by atoms with Gasteiger partial charge in [0.05, 0.1) is 36.6 Å². The normalized spacial score (nSPS) is 39.8. The molecule has 0 radical (unpaired) electrons. The van der Waals surface area contributed by atoms with Gasteiger partial charge in [-0.05, 0) is 27.2 Å². The van der Waals surface area contributed by atoms with Crippen LogP contribution in [0.3, 0.4) is 0 Å².